The van der Waals surface area contributed by atoms with E-state index in [1.54, 1.807) is 0 Å². The van der Waals surface area contributed by atoms with E-state index in [1.165, 1.54) is 11.1 Å². The molecule has 1 rings (SSSR count). The summed E-state index contributed by atoms with van der Waals surface area (Å²) in [6.45, 7) is 9.17. The first-order valence-corrected chi connectivity index (χ1v) is 5.17. The van der Waals surface area contributed by atoms with Crippen molar-refractivity contribution in [2.45, 2.75) is 39.5 Å². The third kappa shape index (κ3) is 1.95. The predicted octanol–water partition coefficient (Wildman–Crippen LogP) is 2.32. The summed E-state index contributed by atoms with van der Waals surface area (Å²) in [5.74, 6) is 0. The zero-order valence-corrected chi connectivity index (χ0v) is 9.59. The molecule has 1 aromatic rings. The summed E-state index contributed by atoms with van der Waals surface area (Å²) < 4.78 is 0. The third-order valence-corrected chi connectivity index (χ3v) is 3.02. The van der Waals surface area contributed by atoms with Crippen molar-refractivity contribution in [3.8, 4) is 0 Å². The van der Waals surface area contributed by atoms with Crippen molar-refractivity contribution in [1.82, 2.24) is 4.98 Å². The monoisotopic (exact) mass is 192 g/mol. The van der Waals surface area contributed by atoms with Crippen molar-refractivity contribution >= 4 is 0 Å². The lowest BCUT2D eigenvalue weighted by atomic mass is 9.81. The number of hydrogen-bond donors (Lipinski definition) is 1. The zero-order chi connectivity index (χ0) is 10.8. The van der Waals surface area contributed by atoms with Gasteiger partial charge in [0, 0.05) is 18.2 Å². The minimum atomic E-state index is 0.0256. The second-order valence-corrected chi connectivity index (χ2v) is 4.30. The van der Waals surface area contributed by atoms with Gasteiger partial charge in [-0.15, -0.1) is 0 Å². The average molecular weight is 192 g/mol. The molecule has 0 aliphatic rings. The molecule has 2 N–H and O–H groups in total. The largest absolute Gasteiger partial charge is 0.330 e. The molecule has 0 aliphatic carbocycles. The molecule has 0 spiro atoms. The molecular formula is C12H20N2. The van der Waals surface area contributed by atoms with Crippen LogP contribution in [0.2, 0.25) is 0 Å². The molecule has 0 amide bonds. The second-order valence-electron chi connectivity index (χ2n) is 4.30. The fourth-order valence-corrected chi connectivity index (χ4v) is 1.76. The lowest BCUT2D eigenvalue weighted by molar-refractivity contribution is 0.450. The van der Waals surface area contributed by atoms with E-state index in [2.05, 4.69) is 38.7 Å². The number of aromatic nitrogens is 1. The summed E-state index contributed by atoms with van der Waals surface area (Å²) in [4.78, 5) is 4.51. The first-order valence-electron chi connectivity index (χ1n) is 5.17. The maximum Gasteiger partial charge on any atom is 0.0504 e. The molecule has 14 heavy (non-hydrogen) atoms. The van der Waals surface area contributed by atoms with E-state index in [-0.39, 0.29) is 5.41 Å². The Labute approximate surface area is 86.5 Å². The third-order valence-electron chi connectivity index (χ3n) is 3.02. The molecule has 0 aromatic carbocycles. The summed E-state index contributed by atoms with van der Waals surface area (Å²) in [5, 5.41) is 0. The molecule has 78 valence electrons. The number of nitrogens with two attached hydrogens (primary N) is 1. The van der Waals surface area contributed by atoms with Crippen molar-refractivity contribution in [3.63, 3.8) is 0 Å². The average Bonchev–Trinajstić information content (AvgIpc) is 2.17. The van der Waals surface area contributed by atoms with Crippen LogP contribution in [-0.4, -0.2) is 11.5 Å². The van der Waals surface area contributed by atoms with Gasteiger partial charge in [0.1, 0.15) is 0 Å². The van der Waals surface area contributed by atoms with Crippen LogP contribution in [0.25, 0.3) is 0 Å². The highest BCUT2D eigenvalue weighted by molar-refractivity contribution is 5.29. The molecule has 1 unspecified atom stereocenters. The Balaban J connectivity index is 3.17. The van der Waals surface area contributed by atoms with Crippen LogP contribution in [0.4, 0.5) is 0 Å². The summed E-state index contributed by atoms with van der Waals surface area (Å²) in [5.41, 5.74) is 9.45. The predicted molar refractivity (Wildman–Crippen MR) is 60.4 cm³/mol. The smallest absolute Gasteiger partial charge is 0.0504 e. The van der Waals surface area contributed by atoms with Crippen molar-refractivity contribution in [3.05, 3.63) is 29.1 Å². The summed E-state index contributed by atoms with van der Waals surface area (Å²) in [7, 11) is 0. The maximum absolute atomic E-state index is 5.82. The van der Waals surface area contributed by atoms with Crippen molar-refractivity contribution in [2.75, 3.05) is 6.54 Å². The molecule has 2 nitrogen and oxygen atoms in total. The molecular weight excluding hydrogens is 172 g/mol. The van der Waals surface area contributed by atoms with E-state index in [4.69, 9.17) is 5.73 Å². The van der Waals surface area contributed by atoms with Gasteiger partial charge in [-0.1, -0.05) is 19.9 Å². The van der Waals surface area contributed by atoms with Gasteiger partial charge < -0.3 is 5.73 Å². The minimum Gasteiger partial charge on any atom is -0.330 e. The van der Waals surface area contributed by atoms with E-state index in [0.717, 1.165) is 12.1 Å². The number of nitrogens with zero attached hydrogens (tertiary/aromatic N) is 1. The normalized spacial score (nSPS) is 15.2. The molecule has 2 heteroatoms. The fraction of sp³-hybridized carbons (Fsp3) is 0.583. The Morgan fingerprint density at radius 1 is 1.43 bits per heavy atom. The number of rotatable bonds is 3. The standard InChI is InChI=1S/C12H20N2/c1-5-12(4,8-13)11-10(3)6-9(2)7-14-11/h6-7H,5,8,13H2,1-4H3. The minimum absolute atomic E-state index is 0.0256. The quantitative estimate of drug-likeness (QED) is 0.798. The van der Waals surface area contributed by atoms with E-state index < -0.39 is 0 Å². The molecule has 1 atom stereocenters. The SMILES string of the molecule is CCC(C)(CN)c1ncc(C)cc1C. The van der Waals surface area contributed by atoms with Gasteiger partial charge >= 0.3 is 0 Å². The molecule has 1 aromatic heterocycles. The molecule has 0 aliphatic heterocycles. The lowest BCUT2D eigenvalue weighted by Crippen LogP contribution is -2.32. The zero-order valence-electron chi connectivity index (χ0n) is 9.59. The fourth-order valence-electron chi connectivity index (χ4n) is 1.76. The highest BCUT2D eigenvalue weighted by Crippen LogP contribution is 2.27. The Morgan fingerprint density at radius 3 is 2.50 bits per heavy atom. The summed E-state index contributed by atoms with van der Waals surface area (Å²) in [6, 6.07) is 2.17. The van der Waals surface area contributed by atoms with Crippen molar-refractivity contribution in [2.24, 2.45) is 5.73 Å². The highest BCUT2D eigenvalue weighted by Gasteiger charge is 2.25. The van der Waals surface area contributed by atoms with Crippen LogP contribution in [0.1, 0.15) is 37.1 Å². The van der Waals surface area contributed by atoms with Crippen LogP contribution in [0.5, 0.6) is 0 Å². The summed E-state index contributed by atoms with van der Waals surface area (Å²) >= 11 is 0. The molecule has 0 bridgehead atoms. The van der Waals surface area contributed by atoms with E-state index in [9.17, 15) is 0 Å². The van der Waals surface area contributed by atoms with Gasteiger partial charge in [0.25, 0.3) is 0 Å². The van der Waals surface area contributed by atoms with E-state index in [0.29, 0.717) is 6.54 Å². The van der Waals surface area contributed by atoms with E-state index in [1.807, 2.05) is 6.20 Å². The molecule has 0 saturated heterocycles. The van der Waals surface area contributed by atoms with Gasteiger partial charge in [-0.3, -0.25) is 4.98 Å². The van der Waals surface area contributed by atoms with Gasteiger partial charge in [-0.05, 0) is 31.4 Å². The van der Waals surface area contributed by atoms with Gasteiger partial charge in [-0.2, -0.15) is 0 Å². The van der Waals surface area contributed by atoms with Gasteiger partial charge in [0.15, 0.2) is 0 Å². The van der Waals surface area contributed by atoms with Gasteiger partial charge in [0.05, 0.1) is 5.69 Å². The van der Waals surface area contributed by atoms with Gasteiger partial charge in [-0.25, -0.2) is 0 Å². The number of pyridine rings is 1. The molecule has 0 radical (unpaired) electrons. The van der Waals surface area contributed by atoms with Crippen molar-refractivity contribution < 1.29 is 0 Å². The van der Waals surface area contributed by atoms with Crippen LogP contribution < -0.4 is 5.73 Å². The lowest BCUT2D eigenvalue weighted by Gasteiger charge is -2.27. The highest BCUT2D eigenvalue weighted by atomic mass is 14.7. The number of aryl methyl sites for hydroxylation is 2. The first-order chi connectivity index (χ1) is 6.53. The number of hydrogen-bond acceptors (Lipinski definition) is 2. The second kappa shape index (κ2) is 4.09. The molecule has 0 fully saturated rings. The van der Waals surface area contributed by atoms with Crippen LogP contribution >= 0.6 is 0 Å². The van der Waals surface area contributed by atoms with Crippen LogP contribution in [0.15, 0.2) is 12.3 Å². The maximum atomic E-state index is 5.82. The Kier molecular flexibility index (Phi) is 3.27. The van der Waals surface area contributed by atoms with E-state index >= 15 is 0 Å². The van der Waals surface area contributed by atoms with Crippen LogP contribution in [-0.2, 0) is 5.41 Å². The Bertz CT molecular complexity index is 314. The molecule has 1 heterocycles. The topological polar surface area (TPSA) is 38.9 Å². The van der Waals surface area contributed by atoms with Crippen LogP contribution in [0, 0.1) is 13.8 Å². The van der Waals surface area contributed by atoms with Crippen LogP contribution in [0.3, 0.4) is 0 Å². The first kappa shape index (κ1) is 11.2. The summed E-state index contributed by atoms with van der Waals surface area (Å²) in [6.07, 6.45) is 2.95. The van der Waals surface area contributed by atoms with Crippen molar-refractivity contribution in [1.29, 1.82) is 0 Å². The Morgan fingerprint density at radius 2 is 2.07 bits per heavy atom. The molecule has 0 saturated carbocycles. The van der Waals surface area contributed by atoms with Gasteiger partial charge in [0.2, 0.25) is 0 Å². The Hall–Kier alpha value is -0.890.